The van der Waals surface area contributed by atoms with Crippen LogP contribution in [-0.2, 0) is 0 Å². The van der Waals surface area contributed by atoms with Gasteiger partial charge in [-0.3, -0.25) is 0 Å². The van der Waals surface area contributed by atoms with E-state index < -0.39 is 8.07 Å². The van der Waals surface area contributed by atoms with Gasteiger partial charge in [-0.1, -0.05) is 194 Å². The molecule has 0 bridgehead atoms. The molecule has 0 unspecified atom stereocenters. The van der Waals surface area contributed by atoms with Gasteiger partial charge in [-0.05, 0) is 66.3 Å². The van der Waals surface area contributed by atoms with Crippen molar-refractivity contribution in [3.63, 3.8) is 0 Å². The highest BCUT2D eigenvalue weighted by Gasteiger charge is 2.48. The first-order chi connectivity index (χ1) is 25.8. The van der Waals surface area contributed by atoms with Crippen LogP contribution in [0.1, 0.15) is 0 Å². The Hall–Kier alpha value is -6.48. The maximum absolute atomic E-state index is 7.07. The Morgan fingerprint density at radius 1 is 0.288 bits per heavy atom. The lowest BCUT2D eigenvalue weighted by Crippen LogP contribution is -2.72. The molecule has 0 saturated heterocycles. The first kappa shape index (κ1) is 30.4. The van der Waals surface area contributed by atoms with Crippen molar-refractivity contribution in [1.82, 2.24) is 0 Å². The predicted molar refractivity (Wildman–Crippen MR) is 221 cm³/mol. The summed E-state index contributed by atoms with van der Waals surface area (Å²) in [7, 11) is -2.65. The zero-order valence-corrected chi connectivity index (χ0v) is 29.5. The lowest BCUT2D eigenvalue weighted by atomic mass is 9.96. The van der Waals surface area contributed by atoms with Gasteiger partial charge < -0.3 is 4.42 Å². The van der Waals surface area contributed by atoms with Crippen molar-refractivity contribution < 1.29 is 4.42 Å². The fourth-order valence-electron chi connectivity index (χ4n) is 8.51. The summed E-state index contributed by atoms with van der Waals surface area (Å²) in [6.45, 7) is 0. The van der Waals surface area contributed by atoms with E-state index in [9.17, 15) is 0 Å². The summed E-state index contributed by atoms with van der Waals surface area (Å²) >= 11 is 0. The molecule has 0 spiro atoms. The third-order valence-electron chi connectivity index (χ3n) is 10.8. The van der Waals surface area contributed by atoms with Crippen molar-refractivity contribution in [2.24, 2.45) is 0 Å². The summed E-state index contributed by atoms with van der Waals surface area (Å²) in [6, 6.07) is 75.2. The van der Waals surface area contributed by atoms with Crippen LogP contribution in [0.5, 0.6) is 0 Å². The number of rotatable bonds is 6. The minimum atomic E-state index is -2.65. The third-order valence-corrected chi connectivity index (χ3v) is 15.7. The highest BCUT2D eigenvalue weighted by Crippen LogP contribution is 2.44. The topological polar surface area (TPSA) is 13.1 Å². The van der Waals surface area contributed by atoms with Gasteiger partial charge in [-0.25, -0.2) is 0 Å². The molecule has 2 heteroatoms. The van der Waals surface area contributed by atoms with E-state index in [0.717, 1.165) is 39.0 Å². The zero-order chi connectivity index (χ0) is 34.5. The molecule has 0 atom stereocenters. The molecule has 10 rings (SSSR count). The molecule has 0 N–H and O–H groups in total. The Balaban J connectivity index is 1.23. The summed E-state index contributed by atoms with van der Waals surface area (Å²) in [5.41, 5.74) is 9.55. The monoisotopic (exact) mass is 678 g/mol. The lowest BCUT2D eigenvalue weighted by molar-refractivity contribution is 0.602. The Labute approximate surface area is 305 Å². The van der Waals surface area contributed by atoms with Gasteiger partial charge in [0.2, 0.25) is 0 Å². The molecular weight excluding hydrogens is 645 g/mol. The smallest absolute Gasteiger partial charge is 0.180 e. The second kappa shape index (κ2) is 12.4. The molecule has 1 aliphatic heterocycles. The van der Waals surface area contributed by atoms with Crippen LogP contribution in [0.4, 0.5) is 0 Å². The van der Waals surface area contributed by atoms with Crippen LogP contribution in [-0.4, -0.2) is 8.07 Å². The average molecular weight is 679 g/mol. The van der Waals surface area contributed by atoms with Gasteiger partial charge in [0.25, 0.3) is 0 Å². The normalized spacial score (nSPS) is 12.8. The van der Waals surface area contributed by atoms with Crippen molar-refractivity contribution in [3.05, 3.63) is 206 Å². The Morgan fingerprint density at radius 2 is 0.731 bits per heavy atom. The fraction of sp³-hybridized carbons (Fsp3) is 0. The van der Waals surface area contributed by atoms with Gasteiger partial charge in [0.15, 0.2) is 8.07 Å². The van der Waals surface area contributed by atoms with Gasteiger partial charge in [-0.2, -0.15) is 0 Å². The van der Waals surface area contributed by atoms with E-state index in [-0.39, 0.29) is 0 Å². The van der Waals surface area contributed by atoms with Crippen LogP contribution < -0.4 is 20.7 Å². The molecule has 2 heterocycles. The van der Waals surface area contributed by atoms with E-state index in [1.807, 2.05) is 0 Å². The molecule has 8 aromatic carbocycles. The van der Waals surface area contributed by atoms with Crippen LogP contribution >= 0.6 is 0 Å². The minimum Gasteiger partial charge on any atom is -0.455 e. The molecule has 0 amide bonds. The highest BCUT2D eigenvalue weighted by atomic mass is 28.3. The minimum absolute atomic E-state index is 0.898. The number of hydrogen-bond acceptors (Lipinski definition) is 1. The molecule has 0 radical (unpaired) electrons. The highest BCUT2D eigenvalue weighted by molar-refractivity contribution is 7.22. The summed E-state index contributed by atoms with van der Waals surface area (Å²) in [5, 5.41) is 7.86. The van der Waals surface area contributed by atoms with E-state index in [4.69, 9.17) is 4.42 Å². The number of hydrogen-bond donors (Lipinski definition) is 0. The molecule has 0 fully saturated rings. The van der Waals surface area contributed by atoms with Gasteiger partial charge >= 0.3 is 0 Å². The van der Waals surface area contributed by atoms with Crippen molar-refractivity contribution >= 4 is 39.6 Å². The van der Waals surface area contributed by atoms with Gasteiger partial charge in [0.05, 0.1) is 0 Å². The van der Waals surface area contributed by atoms with Crippen LogP contribution in [0.25, 0.3) is 66.8 Å². The number of benzene rings is 8. The largest absolute Gasteiger partial charge is 0.455 e. The molecule has 52 heavy (non-hydrogen) atoms. The van der Waals surface area contributed by atoms with Crippen LogP contribution in [0.2, 0.25) is 0 Å². The second-order valence-electron chi connectivity index (χ2n) is 13.6. The Morgan fingerprint density at radius 3 is 1.33 bits per heavy atom. The first-order valence-electron chi connectivity index (χ1n) is 17.9. The van der Waals surface area contributed by atoms with E-state index in [1.165, 1.54) is 48.6 Å². The van der Waals surface area contributed by atoms with Crippen molar-refractivity contribution in [2.45, 2.75) is 0 Å². The quantitative estimate of drug-likeness (QED) is 0.160. The number of furan rings is 1. The van der Waals surface area contributed by atoms with Crippen LogP contribution in [0.3, 0.4) is 0 Å². The Kier molecular flexibility index (Phi) is 7.23. The maximum Gasteiger partial charge on any atom is 0.180 e. The summed E-state index contributed by atoms with van der Waals surface area (Å²) < 4.78 is 7.07. The van der Waals surface area contributed by atoms with E-state index in [0.29, 0.717) is 0 Å². The molecule has 0 aliphatic carbocycles. The van der Waals surface area contributed by atoms with Gasteiger partial charge in [-0.15, -0.1) is 0 Å². The SMILES string of the molecule is c1ccc(-c2ccc3c(c2)-c2cc(-c4oc(-c5ccccc5-c5ccccc5)c5ccccc45)ccc2[Si]3(c2ccccc2)c2ccccc2)cc1. The number of fused-ring (bicyclic) bond motifs is 4. The molecule has 9 aromatic rings. The van der Waals surface area contributed by atoms with E-state index in [1.54, 1.807) is 0 Å². The lowest BCUT2D eigenvalue weighted by Gasteiger charge is -2.31. The van der Waals surface area contributed by atoms with Gasteiger partial charge in [0.1, 0.15) is 11.5 Å². The first-order valence-corrected chi connectivity index (χ1v) is 19.9. The fourth-order valence-corrected chi connectivity index (χ4v) is 13.6. The molecule has 1 aliphatic rings. The summed E-state index contributed by atoms with van der Waals surface area (Å²) in [6.07, 6.45) is 0. The van der Waals surface area contributed by atoms with E-state index >= 15 is 0 Å². The average Bonchev–Trinajstić information content (AvgIpc) is 3.76. The predicted octanol–water partition coefficient (Wildman–Crippen LogP) is 10.5. The van der Waals surface area contributed by atoms with Crippen LogP contribution in [0, 0.1) is 0 Å². The summed E-state index contributed by atoms with van der Waals surface area (Å²) in [4.78, 5) is 0. The van der Waals surface area contributed by atoms with Crippen molar-refractivity contribution in [1.29, 1.82) is 0 Å². The molecule has 0 saturated carbocycles. The Bertz CT molecular complexity index is 2670. The molecule has 1 nitrogen and oxygen atoms in total. The molecule has 244 valence electrons. The summed E-state index contributed by atoms with van der Waals surface area (Å²) in [5.74, 6) is 1.80. The van der Waals surface area contributed by atoms with E-state index in [2.05, 4.69) is 206 Å². The third kappa shape index (κ3) is 4.69. The van der Waals surface area contributed by atoms with Crippen molar-refractivity contribution in [3.8, 4) is 56.0 Å². The second-order valence-corrected chi connectivity index (χ2v) is 17.3. The zero-order valence-electron chi connectivity index (χ0n) is 28.5. The van der Waals surface area contributed by atoms with Crippen LogP contribution in [0.15, 0.2) is 211 Å². The maximum atomic E-state index is 7.07. The standard InChI is InChI=1S/C50H34OSi/c1-5-17-35(18-6-1)37-29-31-47-45(33-37)46-34-38(30-32-48(46)52(47,39-21-9-3-10-22-39)40-23-11-4-12-24-40)49-43-27-15-16-28-44(43)50(51-49)42-26-14-13-25-41(42)36-19-7-2-8-20-36/h1-34H. The van der Waals surface area contributed by atoms with Gasteiger partial charge in [0, 0.05) is 21.9 Å². The molecular formula is C50H34OSi. The molecule has 1 aromatic heterocycles. The van der Waals surface area contributed by atoms with Crippen molar-refractivity contribution in [2.75, 3.05) is 0 Å².